The lowest BCUT2D eigenvalue weighted by molar-refractivity contribution is 0.0996. The second-order valence-corrected chi connectivity index (χ2v) is 6.14. The molecule has 1 aromatic heterocycles. The Bertz CT molecular complexity index is 919. The van der Waals surface area contributed by atoms with Gasteiger partial charge in [0.2, 0.25) is 0 Å². The second-order valence-electron chi connectivity index (χ2n) is 6.14. The van der Waals surface area contributed by atoms with E-state index in [9.17, 15) is 9.59 Å². The summed E-state index contributed by atoms with van der Waals surface area (Å²) < 4.78 is 10.2. The average molecular weight is 379 g/mol. The number of anilines is 2. The largest absolute Gasteiger partial charge is 0.497 e. The highest BCUT2D eigenvalue weighted by Crippen LogP contribution is 2.16. The van der Waals surface area contributed by atoms with Crippen molar-refractivity contribution < 1.29 is 18.7 Å². The summed E-state index contributed by atoms with van der Waals surface area (Å²) in [5, 5.41) is 5.55. The first-order valence-corrected chi connectivity index (χ1v) is 8.65. The van der Waals surface area contributed by atoms with Crippen LogP contribution in [0, 0.1) is 0 Å². The van der Waals surface area contributed by atoms with Crippen LogP contribution in [0.25, 0.3) is 0 Å². The SMILES string of the molecule is COc1ccc(CN(C)C(=O)Nc2ccc(NC(=O)c3ccco3)cc2)cc1. The third kappa shape index (κ3) is 4.91. The van der Waals surface area contributed by atoms with Gasteiger partial charge in [-0.05, 0) is 54.1 Å². The minimum atomic E-state index is -0.332. The molecular weight excluding hydrogens is 358 g/mol. The number of nitrogens with zero attached hydrogens (tertiary/aromatic N) is 1. The number of methoxy groups -OCH3 is 1. The van der Waals surface area contributed by atoms with E-state index in [1.807, 2.05) is 24.3 Å². The summed E-state index contributed by atoms with van der Waals surface area (Å²) in [6.45, 7) is 0.465. The monoisotopic (exact) mass is 379 g/mol. The summed E-state index contributed by atoms with van der Waals surface area (Å²) in [7, 11) is 3.33. The summed E-state index contributed by atoms with van der Waals surface area (Å²) in [6, 6.07) is 17.4. The van der Waals surface area contributed by atoms with E-state index < -0.39 is 0 Å². The van der Waals surface area contributed by atoms with Crippen molar-refractivity contribution in [1.29, 1.82) is 0 Å². The van der Waals surface area contributed by atoms with Crippen LogP contribution in [-0.2, 0) is 6.54 Å². The quantitative estimate of drug-likeness (QED) is 0.672. The number of amides is 3. The van der Waals surface area contributed by atoms with E-state index in [1.54, 1.807) is 55.5 Å². The van der Waals surface area contributed by atoms with Crippen molar-refractivity contribution in [3.63, 3.8) is 0 Å². The highest BCUT2D eigenvalue weighted by molar-refractivity contribution is 6.02. The van der Waals surface area contributed by atoms with Crippen LogP contribution in [0.5, 0.6) is 5.75 Å². The third-order valence-corrected chi connectivity index (χ3v) is 4.06. The van der Waals surface area contributed by atoms with Crippen LogP contribution in [0.3, 0.4) is 0 Å². The summed E-state index contributed by atoms with van der Waals surface area (Å²) >= 11 is 0. The van der Waals surface area contributed by atoms with Gasteiger partial charge in [-0.3, -0.25) is 4.79 Å². The van der Waals surface area contributed by atoms with Crippen LogP contribution < -0.4 is 15.4 Å². The lowest BCUT2D eigenvalue weighted by atomic mass is 10.2. The maximum atomic E-state index is 12.4. The number of furan rings is 1. The lowest BCUT2D eigenvalue weighted by Crippen LogP contribution is -2.30. The molecule has 144 valence electrons. The summed E-state index contributed by atoms with van der Waals surface area (Å²) in [4.78, 5) is 25.9. The fraction of sp³-hybridized carbons (Fsp3) is 0.143. The Labute approximate surface area is 162 Å². The van der Waals surface area contributed by atoms with Crippen molar-refractivity contribution >= 4 is 23.3 Å². The molecule has 0 radical (unpaired) electrons. The number of ether oxygens (including phenoxy) is 1. The average Bonchev–Trinajstić information content (AvgIpc) is 3.25. The Balaban J connectivity index is 1.53. The molecule has 0 saturated heterocycles. The van der Waals surface area contributed by atoms with Crippen LogP contribution >= 0.6 is 0 Å². The molecule has 7 heteroatoms. The minimum Gasteiger partial charge on any atom is -0.497 e. The van der Waals surface area contributed by atoms with Crippen molar-refractivity contribution in [1.82, 2.24) is 4.90 Å². The van der Waals surface area contributed by atoms with Gasteiger partial charge in [0.15, 0.2) is 5.76 Å². The molecule has 0 aliphatic heterocycles. The van der Waals surface area contributed by atoms with Gasteiger partial charge in [-0.2, -0.15) is 0 Å². The predicted molar refractivity (Wildman–Crippen MR) is 107 cm³/mol. The Morgan fingerprint density at radius 3 is 2.18 bits per heavy atom. The molecular formula is C21H21N3O4. The van der Waals surface area contributed by atoms with Gasteiger partial charge >= 0.3 is 6.03 Å². The van der Waals surface area contributed by atoms with E-state index in [2.05, 4.69) is 10.6 Å². The zero-order valence-electron chi connectivity index (χ0n) is 15.6. The van der Waals surface area contributed by atoms with Gasteiger partial charge in [0.05, 0.1) is 13.4 Å². The lowest BCUT2D eigenvalue weighted by Gasteiger charge is -2.18. The van der Waals surface area contributed by atoms with Crippen LogP contribution in [0.2, 0.25) is 0 Å². The van der Waals surface area contributed by atoms with Crippen molar-refractivity contribution in [2.24, 2.45) is 0 Å². The van der Waals surface area contributed by atoms with E-state index in [4.69, 9.17) is 9.15 Å². The number of rotatable bonds is 6. The normalized spacial score (nSPS) is 10.2. The molecule has 1 heterocycles. The summed E-state index contributed by atoms with van der Waals surface area (Å²) in [6.07, 6.45) is 1.44. The molecule has 2 aromatic carbocycles. The number of carbonyl (C=O) groups excluding carboxylic acids is 2. The standard InChI is InChI=1S/C21H21N3O4/c1-24(14-15-5-11-18(27-2)12-6-15)21(26)23-17-9-7-16(8-10-17)22-20(25)19-4-3-13-28-19/h3-13H,14H2,1-2H3,(H,22,25)(H,23,26). The van der Waals surface area contributed by atoms with Gasteiger partial charge in [0, 0.05) is 25.0 Å². The maximum absolute atomic E-state index is 12.4. The Kier molecular flexibility index (Phi) is 5.96. The topological polar surface area (TPSA) is 83.8 Å². The van der Waals surface area contributed by atoms with Crippen LogP contribution in [0.15, 0.2) is 71.3 Å². The predicted octanol–water partition coefficient (Wildman–Crippen LogP) is 4.20. The number of nitrogens with one attached hydrogen (secondary N) is 2. The van der Waals surface area contributed by atoms with Gasteiger partial charge < -0.3 is 24.7 Å². The highest BCUT2D eigenvalue weighted by Gasteiger charge is 2.11. The van der Waals surface area contributed by atoms with Gasteiger partial charge in [0.25, 0.3) is 5.91 Å². The Morgan fingerprint density at radius 2 is 1.61 bits per heavy atom. The first kappa shape index (κ1) is 19.0. The number of benzene rings is 2. The van der Waals surface area contributed by atoms with Crippen LogP contribution in [0.1, 0.15) is 16.1 Å². The molecule has 2 N–H and O–H groups in total. The molecule has 3 aromatic rings. The Morgan fingerprint density at radius 1 is 0.964 bits per heavy atom. The Hall–Kier alpha value is -3.74. The molecule has 0 spiro atoms. The smallest absolute Gasteiger partial charge is 0.321 e. The van der Waals surface area contributed by atoms with Gasteiger partial charge in [-0.15, -0.1) is 0 Å². The second kappa shape index (κ2) is 8.77. The van der Waals surface area contributed by atoms with Gasteiger partial charge in [0.1, 0.15) is 5.75 Å². The molecule has 0 bridgehead atoms. The first-order valence-electron chi connectivity index (χ1n) is 8.65. The number of hydrogen-bond acceptors (Lipinski definition) is 4. The van der Waals surface area contributed by atoms with Gasteiger partial charge in [-0.1, -0.05) is 12.1 Å². The highest BCUT2D eigenvalue weighted by atomic mass is 16.5. The van der Waals surface area contributed by atoms with Crippen LogP contribution in [0.4, 0.5) is 16.2 Å². The maximum Gasteiger partial charge on any atom is 0.321 e. The van der Waals surface area contributed by atoms with E-state index in [0.29, 0.717) is 17.9 Å². The van der Waals surface area contributed by atoms with E-state index >= 15 is 0 Å². The number of hydrogen-bond donors (Lipinski definition) is 2. The third-order valence-electron chi connectivity index (χ3n) is 4.06. The van der Waals surface area contributed by atoms with E-state index in [-0.39, 0.29) is 17.7 Å². The summed E-state index contributed by atoms with van der Waals surface area (Å²) in [5.74, 6) is 0.675. The van der Waals surface area contributed by atoms with Gasteiger partial charge in [-0.25, -0.2) is 4.79 Å². The van der Waals surface area contributed by atoms with Crippen molar-refractivity contribution in [3.8, 4) is 5.75 Å². The van der Waals surface area contributed by atoms with Crippen LogP contribution in [-0.4, -0.2) is 31.0 Å². The molecule has 28 heavy (non-hydrogen) atoms. The minimum absolute atomic E-state index is 0.233. The van der Waals surface area contributed by atoms with E-state index in [0.717, 1.165) is 11.3 Å². The van der Waals surface area contributed by atoms with Crippen molar-refractivity contribution in [3.05, 3.63) is 78.3 Å². The molecule has 7 nitrogen and oxygen atoms in total. The van der Waals surface area contributed by atoms with Crippen molar-refractivity contribution in [2.45, 2.75) is 6.54 Å². The molecule has 0 aliphatic carbocycles. The molecule has 0 fully saturated rings. The first-order chi connectivity index (χ1) is 13.5. The number of urea groups is 1. The fourth-order valence-corrected chi connectivity index (χ4v) is 2.53. The zero-order valence-corrected chi connectivity index (χ0v) is 15.6. The van der Waals surface area contributed by atoms with Crippen molar-refractivity contribution in [2.75, 3.05) is 24.8 Å². The molecule has 3 rings (SSSR count). The molecule has 0 aliphatic rings. The fourth-order valence-electron chi connectivity index (χ4n) is 2.53. The zero-order chi connectivity index (χ0) is 19.9. The molecule has 0 saturated carbocycles. The van der Waals surface area contributed by atoms with E-state index in [1.165, 1.54) is 6.26 Å². The molecule has 3 amide bonds. The molecule has 0 unspecified atom stereocenters. The summed E-state index contributed by atoms with van der Waals surface area (Å²) in [5.41, 5.74) is 2.23. The molecule has 0 atom stereocenters. The number of carbonyl (C=O) groups is 2.